The number of aromatic nitrogens is 1. The van der Waals surface area contributed by atoms with E-state index in [1.807, 2.05) is 56.2 Å². The van der Waals surface area contributed by atoms with E-state index in [0.29, 0.717) is 49.7 Å². The lowest BCUT2D eigenvalue weighted by molar-refractivity contribution is -0.154. The summed E-state index contributed by atoms with van der Waals surface area (Å²) < 4.78 is 16.5. The quantitative estimate of drug-likeness (QED) is 0.565. The standard InChI is InChI=1S/C24H32N2O5S/c1-6-30-19-8-7-17(13-20(19)29-5)21-25-18(15-32-21)14-31-22(27)16-9-11-26(12-10-16)23(28)24(2,3)4/h7-8,13,15-16H,6,9-12,14H2,1-5H3. The van der Waals surface area contributed by atoms with Crippen molar-refractivity contribution in [1.82, 2.24) is 9.88 Å². The third-order valence-electron chi connectivity index (χ3n) is 5.38. The fourth-order valence-corrected chi connectivity index (χ4v) is 4.44. The van der Waals surface area contributed by atoms with E-state index in [-0.39, 0.29) is 24.4 Å². The Bertz CT molecular complexity index is 942. The molecule has 8 heteroatoms. The highest BCUT2D eigenvalue weighted by Crippen LogP contribution is 2.34. The summed E-state index contributed by atoms with van der Waals surface area (Å²) in [6.45, 7) is 9.58. The van der Waals surface area contributed by atoms with Crippen LogP contribution in [0, 0.1) is 11.3 Å². The number of ether oxygens (including phenoxy) is 3. The molecule has 174 valence electrons. The Labute approximate surface area is 193 Å². The van der Waals surface area contributed by atoms with Gasteiger partial charge in [0.05, 0.1) is 25.3 Å². The summed E-state index contributed by atoms with van der Waals surface area (Å²) in [5.74, 6) is 1.09. The maximum Gasteiger partial charge on any atom is 0.309 e. The van der Waals surface area contributed by atoms with Crippen molar-refractivity contribution in [3.8, 4) is 22.1 Å². The number of rotatable bonds is 7. The van der Waals surface area contributed by atoms with Gasteiger partial charge in [-0.3, -0.25) is 9.59 Å². The minimum atomic E-state index is -0.400. The molecule has 1 aromatic carbocycles. The molecule has 2 heterocycles. The van der Waals surface area contributed by atoms with Gasteiger partial charge in [0.1, 0.15) is 11.6 Å². The Balaban J connectivity index is 1.53. The van der Waals surface area contributed by atoms with Gasteiger partial charge in [-0.2, -0.15) is 0 Å². The van der Waals surface area contributed by atoms with Crippen molar-refractivity contribution in [3.63, 3.8) is 0 Å². The highest BCUT2D eigenvalue weighted by Gasteiger charge is 2.33. The van der Waals surface area contributed by atoms with Crippen LogP contribution in [-0.2, 0) is 20.9 Å². The Morgan fingerprint density at radius 3 is 2.53 bits per heavy atom. The molecule has 1 fully saturated rings. The van der Waals surface area contributed by atoms with Gasteiger partial charge in [-0.05, 0) is 38.0 Å². The SMILES string of the molecule is CCOc1ccc(-c2nc(COC(=O)C3CCN(C(=O)C(C)(C)C)CC3)cs2)cc1OC. The molecule has 1 saturated heterocycles. The summed E-state index contributed by atoms with van der Waals surface area (Å²) in [5, 5.41) is 2.72. The number of nitrogens with zero attached hydrogens (tertiary/aromatic N) is 2. The number of piperidine rings is 1. The van der Waals surface area contributed by atoms with Crippen LogP contribution in [0.3, 0.4) is 0 Å². The van der Waals surface area contributed by atoms with Crippen molar-refractivity contribution < 1.29 is 23.8 Å². The molecule has 1 aliphatic heterocycles. The lowest BCUT2D eigenvalue weighted by Crippen LogP contribution is -2.45. The van der Waals surface area contributed by atoms with Crippen LogP contribution in [0.5, 0.6) is 11.5 Å². The van der Waals surface area contributed by atoms with Crippen LogP contribution in [0.2, 0.25) is 0 Å². The minimum absolute atomic E-state index is 0.130. The zero-order chi connectivity index (χ0) is 23.3. The van der Waals surface area contributed by atoms with Crippen LogP contribution in [0.4, 0.5) is 0 Å². The molecule has 0 unspecified atom stereocenters. The van der Waals surface area contributed by atoms with E-state index in [1.54, 1.807) is 7.11 Å². The first-order valence-electron chi connectivity index (χ1n) is 10.9. The van der Waals surface area contributed by atoms with Crippen molar-refractivity contribution >= 4 is 23.2 Å². The summed E-state index contributed by atoms with van der Waals surface area (Å²) in [4.78, 5) is 31.4. The van der Waals surface area contributed by atoms with Gasteiger partial charge in [-0.15, -0.1) is 11.3 Å². The zero-order valence-corrected chi connectivity index (χ0v) is 20.3. The molecule has 0 spiro atoms. The molecule has 0 saturated carbocycles. The third-order valence-corrected chi connectivity index (χ3v) is 6.32. The predicted molar refractivity (Wildman–Crippen MR) is 124 cm³/mol. The molecule has 3 rings (SSSR count). The molecule has 1 aromatic heterocycles. The molecule has 1 amide bonds. The lowest BCUT2D eigenvalue weighted by atomic mass is 9.91. The number of carbonyl (C=O) groups is 2. The van der Waals surface area contributed by atoms with E-state index in [2.05, 4.69) is 4.98 Å². The van der Waals surface area contributed by atoms with Gasteiger partial charge >= 0.3 is 5.97 Å². The van der Waals surface area contributed by atoms with E-state index < -0.39 is 5.41 Å². The smallest absolute Gasteiger partial charge is 0.309 e. The van der Waals surface area contributed by atoms with Crippen LogP contribution >= 0.6 is 11.3 Å². The number of hydrogen-bond acceptors (Lipinski definition) is 7. The topological polar surface area (TPSA) is 78.0 Å². The normalized spacial score (nSPS) is 14.8. The molecule has 32 heavy (non-hydrogen) atoms. The number of esters is 1. The van der Waals surface area contributed by atoms with Crippen LogP contribution in [0.1, 0.15) is 46.2 Å². The monoisotopic (exact) mass is 460 g/mol. The number of amides is 1. The van der Waals surface area contributed by atoms with Gasteiger partial charge < -0.3 is 19.1 Å². The molecule has 0 atom stereocenters. The first-order valence-corrected chi connectivity index (χ1v) is 11.8. The van der Waals surface area contributed by atoms with Crippen molar-refractivity contribution in [1.29, 1.82) is 0 Å². The number of hydrogen-bond donors (Lipinski definition) is 0. The fraction of sp³-hybridized carbons (Fsp3) is 0.542. The minimum Gasteiger partial charge on any atom is -0.493 e. The van der Waals surface area contributed by atoms with Crippen LogP contribution < -0.4 is 9.47 Å². The highest BCUT2D eigenvalue weighted by molar-refractivity contribution is 7.13. The van der Waals surface area contributed by atoms with Gasteiger partial charge in [-0.25, -0.2) is 4.98 Å². The maximum atomic E-state index is 12.5. The molecule has 7 nitrogen and oxygen atoms in total. The molecule has 2 aromatic rings. The average Bonchev–Trinajstić information content (AvgIpc) is 3.26. The van der Waals surface area contributed by atoms with Gasteiger partial charge in [0, 0.05) is 29.4 Å². The number of benzene rings is 1. The third kappa shape index (κ3) is 5.79. The average molecular weight is 461 g/mol. The Hall–Kier alpha value is -2.61. The second-order valence-electron chi connectivity index (χ2n) is 8.87. The molecule has 0 bridgehead atoms. The van der Waals surface area contributed by atoms with Crippen molar-refractivity contribution in [2.45, 2.75) is 47.1 Å². The van der Waals surface area contributed by atoms with Crippen LogP contribution in [0.15, 0.2) is 23.6 Å². The van der Waals surface area contributed by atoms with E-state index in [0.717, 1.165) is 10.6 Å². The highest BCUT2D eigenvalue weighted by atomic mass is 32.1. The fourth-order valence-electron chi connectivity index (χ4n) is 3.64. The van der Waals surface area contributed by atoms with E-state index in [4.69, 9.17) is 14.2 Å². The van der Waals surface area contributed by atoms with Crippen molar-refractivity contribution in [2.75, 3.05) is 26.8 Å². The predicted octanol–water partition coefficient (Wildman–Crippen LogP) is 4.55. The van der Waals surface area contributed by atoms with Crippen LogP contribution in [-0.4, -0.2) is 48.6 Å². The molecule has 0 N–H and O–H groups in total. The van der Waals surface area contributed by atoms with Crippen molar-refractivity contribution in [2.24, 2.45) is 11.3 Å². The second-order valence-corrected chi connectivity index (χ2v) is 9.72. The Morgan fingerprint density at radius 1 is 1.19 bits per heavy atom. The van der Waals surface area contributed by atoms with Crippen molar-refractivity contribution in [3.05, 3.63) is 29.3 Å². The summed E-state index contributed by atoms with van der Waals surface area (Å²) in [5.41, 5.74) is 1.23. The van der Waals surface area contributed by atoms with E-state index >= 15 is 0 Å². The largest absolute Gasteiger partial charge is 0.493 e. The van der Waals surface area contributed by atoms with Gasteiger partial charge in [0.2, 0.25) is 5.91 Å². The Morgan fingerprint density at radius 2 is 1.91 bits per heavy atom. The molecular weight excluding hydrogens is 428 g/mol. The zero-order valence-electron chi connectivity index (χ0n) is 19.5. The molecule has 0 radical (unpaired) electrons. The summed E-state index contributed by atoms with van der Waals surface area (Å²) in [6, 6.07) is 5.70. The van der Waals surface area contributed by atoms with Crippen LogP contribution in [0.25, 0.3) is 10.6 Å². The number of thiazole rings is 1. The molecular formula is C24H32N2O5S. The first-order chi connectivity index (χ1) is 15.2. The number of methoxy groups -OCH3 is 1. The Kier molecular flexibility index (Phi) is 7.77. The first kappa shape index (κ1) is 24.0. The number of likely N-dealkylation sites (tertiary alicyclic amines) is 1. The lowest BCUT2D eigenvalue weighted by Gasteiger charge is -2.34. The van der Waals surface area contributed by atoms with E-state index in [1.165, 1.54) is 11.3 Å². The summed E-state index contributed by atoms with van der Waals surface area (Å²) in [6.07, 6.45) is 1.27. The summed E-state index contributed by atoms with van der Waals surface area (Å²) in [7, 11) is 1.61. The van der Waals surface area contributed by atoms with Gasteiger partial charge in [-0.1, -0.05) is 20.8 Å². The summed E-state index contributed by atoms with van der Waals surface area (Å²) >= 11 is 1.49. The molecule has 0 aliphatic carbocycles. The van der Waals surface area contributed by atoms with Gasteiger partial charge in [0.25, 0.3) is 0 Å². The number of carbonyl (C=O) groups excluding carboxylic acids is 2. The van der Waals surface area contributed by atoms with E-state index in [9.17, 15) is 9.59 Å². The second kappa shape index (κ2) is 10.3. The molecule has 1 aliphatic rings. The maximum absolute atomic E-state index is 12.5. The van der Waals surface area contributed by atoms with Gasteiger partial charge in [0.15, 0.2) is 11.5 Å².